The smallest absolute Gasteiger partial charge is 0.223 e. The van der Waals surface area contributed by atoms with Crippen LogP contribution in [0.1, 0.15) is 6.42 Å². The van der Waals surface area contributed by atoms with Gasteiger partial charge in [-0.2, -0.15) is 0 Å². The van der Waals surface area contributed by atoms with Gasteiger partial charge < -0.3 is 5.32 Å². The molecule has 0 saturated carbocycles. The van der Waals surface area contributed by atoms with Crippen LogP contribution in [0.15, 0.2) is 36.8 Å². The number of nitrogens with one attached hydrogen (secondary N) is 1. The van der Waals surface area contributed by atoms with Gasteiger partial charge in [0.15, 0.2) is 9.84 Å². The summed E-state index contributed by atoms with van der Waals surface area (Å²) in [7, 11) is -2.84. The van der Waals surface area contributed by atoms with Gasteiger partial charge in [0.25, 0.3) is 0 Å². The van der Waals surface area contributed by atoms with Crippen LogP contribution in [-0.2, 0) is 9.84 Å². The molecule has 0 radical (unpaired) electrons. The molecule has 0 amide bonds. The lowest BCUT2D eigenvalue weighted by atomic mass is 10.1. The standard InChI is InChI=1S/C14H16N4O2S/c19-21(20)8-4-11(10-21)9-17-14-16-7-3-13(18-14)12-1-5-15-6-2-12/h1-3,5-7,11H,4,8-10H2,(H,16,17,18). The molecule has 1 aliphatic rings. The van der Waals surface area contributed by atoms with E-state index < -0.39 is 9.84 Å². The first-order chi connectivity index (χ1) is 10.1. The lowest BCUT2D eigenvalue weighted by molar-refractivity contribution is 0.595. The van der Waals surface area contributed by atoms with Crippen LogP contribution >= 0.6 is 0 Å². The fourth-order valence-corrected chi connectivity index (χ4v) is 4.26. The lowest BCUT2D eigenvalue weighted by Crippen LogP contribution is -2.17. The van der Waals surface area contributed by atoms with Crippen molar-refractivity contribution in [2.45, 2.75) is 6.42 Å². The van der Waals surface area contributed by atoms with E-state index in [2.05, 4.69) is 20.3 Å². The Bertz CT molecular complexity index is 719. The molecule has 3 heterocycles. The average molecular weight is 304 g/mol. The molecule has 21 heavy (non-hydrogen) atoms. The van der Waals surface area contributed by atoms with Crippen LogP contribution < -0.4 is 5.32 Å². The minimum absolute atomic E-state index is 0.142. The number of nitrogens with zero attached hydrogens (tertiary/aromatic N) is 3. The molecule has 1 N–H and O–H groups in total. The highest BCUT2D eigenvalue weighted by Gasteiger charge is 2.27. The average Bonchev–Trinajstić information content (AvgIpc) is 2.86. The van der Waals surface area contributed by atoms with E-state index in [-0.39, 0.29) is 17.4 Å². The summed E-state index contributed by atoms with van der Waals surface area (Å²) in [5, 5.41) is 3.13. The summed E-state index contributed by atoms with van der Waals surface area (Å²) < 4.78 is 22.9. The van der Waals surface area contributed by atoms with Crippen molar-refractivity contribution < 1.29 is 8.42 Å². The molecule has 2 aromatic rings. The Kier molecular flexibility index (Phi) is 3.83. The number of hydrogen-bond donors (Lipinski definition) is 1. The molecule has 1 saturated heterocycles. The summed E-state index contributed by atoms with van der Waals surface area (Å²) in [6, 6.07) is 5.60. The normalized spacial score (nSPS) is 20.3. The summed E-state index contributed by atoms with van der Waals surface area (Å²) in [6.07, 6.45) is 5.83. The SMILES string of the molecule is O=S1(=O)CCC(CNc2nccc(-c3ccncc3)n2)C1. The van der Waals surface area contributed by atoms with Gasteiger partial charge in [-0.05, 0) is 30.5 Å². The fourth-order valence-electron chi connectivity index (χ4n) is 2.40. The molecule has 1 unspecified atom stereocenters. The summed E-state index contributed by atoms with van der Waals surface area (Å²) in [4.78, 5) is 12.6. The number of aromatic nitrogens is 3. The van der Waals surface area contributed by atoms with Crippen molar-refractivity contribution in [2.24, 2.45) is 5.92 Å². The maximum Gasteiger partial charge on any atom is 0.223 e. The predicted molar refractivity (Wildman–Crippen MR) is 80.5 cm³/mol. The van der Waals surface area contributed by atoms with Crippen LogP contribution in [0.4, 0.5) is 5.95 Å². The van der Waals surface area contributed by atoms with Gasteiger partial charge in [0.05, 0.1) is 17.2 Å². The second-order valence-corrected chi connectivity index (χ2v) is 7.38. The summed E-state index contributed by atoms with van der Waals surface area (Å²) >= 11 is 0. The Morgan fingerprint density at radius 2 is 2.00 bits per heavy atom. The Hall–Kier alpha value is -2.02. The first-order valence-electron chi connectivity index (χ1n) is 6.80. The molecule has 1 fully saturated rings. The molecule has 0 aliphatic carbocycles. The zero-order valence-corrected chi connectivity index (χ0v) is 12.3. The highest BCUT2D eigenvalue weighted by atomic mass is 32.2. The van der Waals surface area contributed by atoms with Crippen LogP contribution in [0.5, 0.6) is 0 Å². The van der Waals surface area contributed by atoms with Crippen molar-refractivity contribution in [1.29, 1.82) is 0 Å². The van der Waals surface area contributed by atoms with Gasteiger partial charge in [0.1, 0.15) is 0 Å². The summed E-state index contributed by atoms with van der Waals surface area (Å²) in [5.41, 5.74) is 1.79. The van der Waals surface area contributed by atoms with E-state index in [1.54, 1.807) is 18.6 Å². The minimum atomic E-state index is -2.84. The Morgan fingerprint density at radius 1 is 1.19 bits per heavy atom. The molecule has 1 aliphatic heterocycles. The molecule has 2 aromatic heterocycles. The first kappa shape index (κ1) is 13.9. The minimum Gasteiger partial charge on any atom is -0.354 e. The molecule has 0 aromatic carbocycles. The molecule has 7 heteroatoms. The molecular formula is C14H16N4O2S. The molecule has 0 spiro atoms. The molecule has 1 atom stereocenters. The molecular weight excluding hydrogens is 288 g/mol. The fraction of sp³-hybridized carbons (Fsp3) is 0.357. The van der Waals surface area contributed by atoms with Crippen molar-refractivity contribution >= 4 is 15.8 Å². The van der Waals surface area contributed by atoms with E-state index in [4.69, 9.17) is 0 Å². The van der Waals surface area contributed by atoms with E-state index in [0.29, 0.717) is 18.9 Å². The van der Waals surface area contributed by atoms with E-state index >= 15 is 0 Å². The van der Waals surface area contributed by atoms with Crippen molar-refractivity contribution in [3.8, 4) is 11.3 Å². The Morgan fingerprint density at radius 3 is 2.71 bits per heavy atom. The van der Waals surface area contributed by atoms with Gasteiger partial charge in [-0.15, -0.1) is 0 Å². The van der Waals surface area contributed by atoms with Crippen LogP contribution in [-0.4, -0.2) is 41.4 Å². The number of rotatable bonds is 4. The van der Waals surface area contributed by atoms with Gasteiger partial charge in [-0.1, -0.05) is 0 Å². The van der Waals surface area contributed by atoms with Crippen LogP contribution in [0.2, 0.25) is 0 Å². The van der Waals surface area contributed by atoms with Crippen LogP contribution in [0, 0.1) is 5.92 Å². The first-order valence-corrected chi connectivity index (χ1v) is 8.62. The van der Waals surface area contributed by atoms with Crippen LogP contribution in [0.25, 0.3) is 11.3 Å². The van der Waals surface area contributed by atoms with Crippen molar-refractivity contribution in [3.63, 3.8) is 0 Å². The van der Waals surface area contributed by atoms with Gasteiger partial charge in [0.2, 0.25) is 5.95 Å². The number of anilines is 1. The van der Waals surface area contributed by atoms with Gasteiger partial charge >= 0.3 is 0 Å². The largest absolute Gasteiger partial charge is 0.354 e. The van der Waals surface area contributed by atoms with Gasteiger partial charge in [-0.25, -0.2) is 18.4 Å². The van der Waals surface area contributed by atoms with E-state index in [0.717, 1.165) is 11.3 Å². The van der Waals surface area contributed by atoms with E-state index in [1.165, 1.54) is 0 Å². The third-order valence-electron chi connectivity index (χ3n) is 3.51. The monoisotopic (exact) mass is 304 g/mol. The molecule has 3 rings (SSSR count). The van der Waals surface area contributed by atoms with Crippen molar-refractivity contribution in [3.05, 3.63) is 36.8 Å². The third kappa shape index (κ3) is 3.55. The quantitative estimate of drug-likeness (QED) is 0.918. The Balaban J connectivity index is 1.67. The second kappa shape index (κ2) is 5.77. The predicted octanol–water partition coefficient (Wildman–Crippen LogP) is 1.39. The summed E-state index contributed by atoms with van der Waals surface area (Å²) in [6.45, 7) is 0.582. The zero-order valence-electron chi connectivity index (χ0n) is 11.4. The zero-order chi connectivity index (χ0) is 14.7. The Labute approximate surface area is 123 Å². The third-order valence-corrected chi connectivity index (χ3v) is 5.34. The second-order valence-electron chi connectivity index (χ2n) is 5.15. The molecule has 6 nitrogen and oxygen atoms in total. The van der Waals surface area contributed by atoms with Crippen molar-refractivity contribution in [1.82, 2.24) is 15.0 Å². The maximum atomic E-state index is 11.4. The highest BCUT2D eigenvalue weighted by Crippen LogP contribution is 2.19. The number of pyridine rings is 1. The lowest BCUT2D eigenvalue weighted by Gasteiger charge is -2.10. The number of hydrogen-bond acceptors (Lipinski definition) is 6. The van der Waals surface area contributed by atoms with E-state index in [9.17, 15) is 8.42 Å². The van der Waals surface area contributed by atoms with Gasteiger partial charge in [-0.3, -0.25) is 4.98 Å². The number of sulfone groups is 1. The van der Waals surface area contributed by atoms with Gasteiger partial charge in [0, 0.05) is 30.7 Å². The maximum absolute atomic E-state index is 11.4. The van der Waals surface area contributed by atoms with E-state index in [1.807, 2.05) is 18.2 Å². The van der Waals surface area contributed by atoms with Crippen molar-refractivity contribution in [2.75, 3.05) is 23.4 Å². The topological polar surface area (TPSA) is 84.8 Å². The molecule has 0 bridgehead atoms. The molecule has 110 valence electrons. The van der Waals surface area contributed by atoms with Crippen LogP contribution in [0.3, 0.4) is 0 Å². The highest BCUT2D eigenvalue weighted by molar-refractivity contribution is 7.91. The summed E-state index contributed by atoms with van der Waals surface area (Å²) in [5.74, 6) is 1.21.